The van der Waals surface area contributed by atoms with Gasteiger partial charge >= 0.3 is 18.9 Å². The Hall–Kier alpha value is 0.187. The molecule has 0 aliphatic rings. The summed E-state index contributed by atoms with van der Waals surface area (Å²) in [7, 11) is 0. The van der Waals surface area contributed by atoms with Gasteiger partial charge in [0, 0.05) is 0 Å². The first kappa shape index (κ1) is 12.8. The van der Waals surface area contributed by atoms with Gasteiger partial charge in [-0.15, -0.1) is 0 Å². The molecular formula is C6H9LiO2S. The number of rotatable bonds is 2. The van der Waals surface area contributed by atoms with Crippen molar-refractivity contribution in [3.05, 3.63) is 23.1 Å². The molecule has 0 aliphatic heterocycles. The summed E-state index contributed by atoms with van der Waals surface area (Å²) in [6, 6.07) is 0. The molecule has 52 valence electrons. The molecule has 0 radical (unpaired) electrons. The second-order valence-corrected chi connectivity index (χ2v) is 2.38. The van der Waals surface area contributed by atoms with Crippen LogP contribution in [0.25, 0.3) is 0 Å². The van der Waals surface area contributed by atoms with Crippen molar-refractivity contribution < 1.29 is 27.6 Å². The molecule has 2 nitrogen and oxygen atoms in total. The third kappa shape index (κ3) is 8.19. The first-order valence-electron chi connectivity index (χ1n) is 2.56. The fourth-order valence-corrected chi connectivity index (χ4v) is 0.836. The SMILES string of the molecule is C/C=C/C(C)=C/S(=O)[O-].[Li+]. The summed E-state index contributed by atoms with van der Waals surface area (Å²) in [5.74, 6) is 0. The van der Waals surface area contributed by atoms with Crippen molar-refractivity contribution in [3.63, 3.8) is 0 Å². The quantitative estimate of drug-likeness (QED) is 0.270. The number of hydrogen-bond donors (Lipinski definition) is 0. The maximum atomic E-state index is 9.97. The molecule has 4 heteroatoms. The van der Waals surface area contributed by atoms with E-state index in [0.29, 0.717) is 0 Å². The molecule has 0 heterocycles. The smallest absolute Gasteiger partial charge is 0.769 e. The van der Waals surface area contributed by atoms with Crippen LogP contribution >= 0.6 is 0 Å². The summed E-state index contributed by atoms with van der Waals surface area (Å²) in [4.78, 5) is 0. The molecule has 0 rings (SSSR count). The first-order valence-corrected chi connectivity index (χ1v) is 3.70. The van der Waals surface area contributed by atoms with Crippen LogP contribution < -0.4 is 18.9 Å². The Labute approximate surface area is 75.9 Å². The van der Waals surface area contributed by atoms with Gasteiger partial charge in [0.05, 0.1) is 0 Å². The molecule has 1 unspecified atom stereocenters. The Morgan fingerprint density at radius 2 is 2.10 bits per heavy atom. The predicted molar refractivity (Wildman–Crippen MR) is 37.5 cm³/mol. The second kappa shape index (κ2) is 7.30. The van der Waals surface area contributed by atoms with E-state index in [9.17, 15) is 8.76 Å². The Kier molecular flexibility index (Phi) is 9.36. The van der Waals surface area contributed by atoms with Crippen LogP contribution in [0.4, 0.5) is 0 Å². The third-order valence-electron chi connectivity index (χ3n) is 0.712. The molecule has 0 spiro atoms. The largest absolute Gasteiger partial charge is 1.00 e. The van der Waals surface area contributed by atoms with Gasteiger partial charge in [0.15, 0.2) is 0 Å². The van der Waals surface area contributed by atoms with E-state index in [2.05, 4.69) is 0 Å². The summed E-state index contributed by atoms with van der Waals surface area (Å²) >= 11 is -2.06. The molecular weight excluding hydrogens is 143 g/mol. The van der Waals surface area contributed by atoms with Crippen LogP contribution in [-0.2, 0) is 11.1 Å². The van der Waals surface area contributed by atoms with Gasteiger partial charge in [0.25, 0.3) is 0 Å². The zero-order valence-corrected chi connectivity index (χ0v) is 7.27. The van der Waals surface area contributed by atoms with E-state index in [0.717, 1.165) is 5.57 Å². The standard InChI is InChI=1S/C6H10O2S.Li/c1-3-4-6(2)5-9(7)8;/h3-5H,1-2H3,(H,7,8);/q;+1/p-1/b4-3+,6-5+;. The van der Waals surface area contributed by atoms with Crippen molar-refractivity contribution in [3.8, 4) is 0 Å². The minimum Gasteiger partial charge on any atom is -0.769 e. The van der Waals surface area contributed by atoms with Crippen LogP contribution in [0, 0.1) is 0 Å². The average Bonchev–Trinajstić information content (AvgIpc) is 1.63. The molecule has 0 saturated heterocycles. The Balaban J connectivity index is 0. The van der Waals surface area contributed by atoms with Crippen LogP contribution in [-0.4, -0.2) is 8.76 Å². The maximum Gasteiger partial charge on any atom is 1.00 e. The first-order chi connectivity index (χ1) is 4.16. The zero-order valence-electron chi connectivity index (χ0n) is 6.46. The van der Waals surface area contributed by atoms with Crippen molar-refractivity contribution in [2.75, 3.05) is 0 Å². The Morgan fingerprint density at radius 1 is 1.60 bits per heavy atom. The van der Waals surface area contributed by atoms with E-state index >= 15 is 0 Å². The van der Waals surface area contributed by atoms with E-state index in [-0.39, 0.29) is 18.9 Å². The molecule has 10 heavy (non-hydrogen) atoms. The summed E-state index contributed by atoms with van der Waals surface area (Å²) < 4.78 is 19.9. The molecule has 0 saturated carbocycles. The number of hydrogen-bond acceptors (Lipinski definition) is 2. The van der Waals surface area contributed by atoms with E-state index in [1.807, 2.05) is 6.92 Å². The van der Waals surface area contributed by atoms with Gasteiger partial charge in [-0.1, -0.05) is 12.2 Å². The van der Waals surface area contributed by atoms with E-state index < -0.39 is 11.1 Å². The summed E-state index contributed by atoms with van der Waals surface area (Å²) in [6.07, 6.45) is 3.52. The summed E-state index contributed by atoms with van der Waals surface area (Å²) in [5, 5.41) is 1.17. The molecule has 0 bridgehead atoms. The van der Waals surface area contributed by atoms with E-state index in [1.165, 1.54) is 5.41 Å². The number of allylic oxidation sites excluding steroid dienone is 3. The van der Waals surface area contributed by atoms with E-state index in [4.69, 9.17) is 0 Å². The molecule has 0 aliphatic carbocycles. The van der Waals surface area contributed by atoms with E-state index in [1.54, 1.807) is 19.1 Å². The predicted octanol–water partition coefficient (Wildman–Crippen LogP) is -1.65. The fourth-order valence-electron chi connectivity index (χ4n) is 0.454. The minimum atomic E-state index is -2.06. The topological polar surface area (TPSA) is 40.1 Å². The van der Waals surface area contributed by atoms with Crippen molar-refractivity contribution in [1.82, 2.24) is 0 Å². The fraction of sp³-hybridized carbons (Fsp3) is 0.333. The molecule has 1 atom stereocenters. The molecule has 0 amide bonds. The monoisotopic (exact) mass is 152 g/mol. The van der Waals surface area contributed by atoms with Crippen LogP contribution in [0.15, 0.2) is 23.1 Å². The Bertz CT molecular complexity index is 163. The van der Waals surface area contributed by atoms with Gasteiger partial charge in [-0.2, -0.15) is 0 Å². The molecule has 0 N–H and O–H groups in total. The van der Waals surface area contributed by atoms with Crippen LogP contribution in [0.3, 0.4) is 0 Å². The van der Waals surface area contributed by atoms with Crippen molar-refractivity contribution >= 4 is 11.1 Å². The third-order valence-corrected chi connectivity index (χ3v) is 1.28. The second-order valence-electron chi connectivity index (χ2n) is 1.62. The molecule has 0 aromatic rings. The van der Waals surface area contributed by atoms with Gasteiger partial charge in [0.2, 0.25) is 0 Å². The Morgan fingerprint density at radius 3 is 2.40 bits per heavy atom. The van der Waals surface area contributed by atoms with Gasteiger partial charge in [-0.25, -0.2) is 0 Å². The molecule has 0 aromatic carbocycles. The van der Waals surface area contributed by atoms with Crippen molar-refractivity contribution in [2.45, 2.75) is 13.8 Å². The van der Waals surface area contributed by atoms with Crippen LogP contribution in [0.2, 0.25) is 0 Å². The van der Waals surface area contributed by atoms with Crippen LogP contribution in [0.1, 0.15) is 13.8 Å². The normalized spacial score (nSPS) is 14.9. The zero-order chi connectivity index (χ0) is 7.28. The van der Waals surface area contributed by atoms with Gasteiger partial charge in [-0.05, 0) is 35.9 Å². The summed E-state index contributed by atoms with van der Waals surface area (Å²) in [5.41, 5.74) is 0.742. The van der Waals surface area contributed by atoms with Crippen LogP contribution in [0.5, 0.6) is 0 Å². The van der Waals surface area contributed by atoms with Gasteiger partial charge in [0.1, 0.15) is 0 Å². The average molecular weight is 152 g/mol. The van der Waals surface area contributed by atoms with Gasteiger partial charge < -0.3 is 4.55 Å². The molecule has 0 aromatic heterocycles. The van der Waals surface area contributed by atoms with Gasteiger partial charge in [-0.3, -0.25) is 4.21 Å². The van der Waals surface area contributed by atoms with Crippen molar-refractivity contribution in [1.29, 1.82) is 0 Å². The van der Waals surface area contributed by atoms with Crippen molar-refractivity contribution in [2.24, 2.45) is 0 Å². The molecule has 0 fully saturated rings. The summed E-state index contributed by atoms with van der Waals surface area (Å²) in [6.45, 7) is 3.57. The maximum absolute atomic E-state index is 9.97. The minimum absolute atomic E-state index is 0.